The summed E-state index contributed by atoms with van der Waals surface area (Å²) in [5, 5.41) is 0.418. The van der Waals surface area contributed by atoms with Gasteiger partial charge in [0.1, 0.15) is 5.82 Å². The molecule has 1 heterocycles. The highest BCUT2D eigenvalue weighted by molar-refractivity contribution is 9.12. The first-order chi connectivity index (χ1) is 7.99. The number of alkyl halides is 1. The molecule has 0 aliphatic carbocycles. The standard InChI is InChI=1S/C11H5Br3ClFS/c12-9-4-7(11(14)17-9)10(13)6-2-1-5(16)3-8(6)15/h1-4,10H. The van der Waals surface area contributed by atoms with Crippen molar-refractivity contribution in [2.75, 3.05) is 0 Å². The lowest BCUT2D eigenvalue weighted by atomic mass is 10.1. The van der Waals surface area contributed by atoms with E-state index in [4.69, 9.17) is 11.6 Å². The van der Waals surface area contributed by atoms with E-state index in [2.05, 4.69) is 47.8 Å². The highest BCUT2D eigenvalue weighted by Gasteiger charge is 2.18. The van der Waals surface area contributed by atoms with Crippen LogP contribution in [-0.2, 0) is 0 Å². The van der Waals surface area contributed by atoms with Crippen LogP contribution >= 0.6 is 70.7 Å². The summed E-state index contributed by atoms with van der Waals surface area (Å²) < 4.78 is 15.0. The van der Waals surface area contributed by atoms with Gasteiger partial charge >= 0.3 is 0 Å². The molecule has 0 amide bonds. The van der Waals surface area contributed by atoms with Crippen LogP contribution in [0.2, 0.25) is 5.02 Å². The predicted molar refractivity (Wildman–Crippen MR) is 81.9 cm³/mol. The van der Waals surface area contributed by atoms with E-state index < -0.39 is 0 Å². The summed E-state index contributed by atoms with van der Waals surface area (Å²) in [5.74, 6) is -0.330. The molecule has 0 saturated carbocycles. The van der Waals surface area contributed by atoms with Crippen LogP contribution < -0.4 is 0 Å². The van der Waals surface area contributed by atoms with Crippen molar-refractivity contribution in [1.82, 2.24) is 0 Å². The Balaban J connectivity index is 2.43. The van der Waals surface area contributed by atoms with Crippen molar-refractivity contribution in [3.05, 3.63) is 53.8 Å². The van der Waals surface area contributed by atoms with E-state index in [1.54, 1.807) is 17.4 Å². The van der Waals surface area contributed by atoms with E-state index >= 15 is 0 Å². The maximum Gasteiger partial charge on any atom is 0.124 e. The molecular formula is C11H5Br3ClFS. The monoisotopic (exact) mass is 460 g/mol. The van der Waals surface area contributed by atoms with Crippen molar-refractivity contribution in [3.8, 4) is 0 Å². The van der Waals surface area contributed by atoms with E-state index in [0.29, 0.717) is 5.02 Å². The average Bonchev–Trinajstić information content (AvgIpc) is 2.57. The van der Waals surface area contributed by atoms with Gasteiger partial charge in [0, 0.05) is 5.02 Å². The molecule has 1 aromatic heterocycles. The van der Waals surface area contributed by atoms with Crippen LogP contribution in [0.15, 0.2) is 31.8 Å². The highest BCUT2D eigenvalue weighted by Crippen LogP contribution is 2.43. The summed E-state index contributed by atoms with van der Waals surface area (Å²) in [6.45, 7) is 0. The largest absolute Gasteiger partial charge is 0.207 e. The number of hydrogen-bond acceptors (Lipinski definition) is 1. The number of halogens is 5. The molecular weight excluding hydrogens is 458 g/mol. The van der Waals surface area contributed by atoms with Crippen molar-refractivity contribution >= 4 is 70.7 Å². The molecule has 17 heavy (non-hydrogen) atoms. The zero-order valence-corrected chi connectivity index (χ0v) is 14.5. The third-order valence-corrected chi connectivity index (χ3v) is 5.89. The molecule has 0 bridgehead atoms. The van der Waals surface area contributed by atoms with Gasteiger partial charge in [0.2, 0.25) is 0 Å². The summed E-state index contributed by atoms with van der Waals surface area (Å²) in [7, 11) is 0. The number of hydrogen-bond donors (Lipinski definition) is 0. The second-order valence-electron chi connectivity index (χ2n) is 3.31. The number of thiophene rings is 1. The van der Waals surface area contributed by atoms with E-state index in [0.717, 1.165) is 18.7 Å². The number of rotatable bonds is 2. The van der Waals surface area contributed by atoms with Gasteiger partial charge in [-0.05, 0) is 61.2 Å². The second kappa shape index (κ2) is 5.70. The molecule has 6 heteroatoms. The molecule has 2 rings (SSSR count). The van der Waals surface area contributed by atoms with Crippen molar-refractivity contribution < 1.29 is 4.39 Å². The first-order valence-corrected chi connectivity index (χ1v) is 8.22. The third kappa shape index (κ3) is 3.13. The first kappa shape index (κ1) is 14.0. The molecule has 2 aromatic rings. The fourth-order valence-electron chi connectivity index (χ4n) is 1.40. The second-order valence-corrected chi connectivity index (χ2v) is 8.38. The first-order valence-electron chi connectivity index (χ1n) is 4.53. The summed E-state index contributed by atoms with van der Waals surface area (Å²) >= 11 is 18.1. The Kier molecular flexibility index (Phi) is 4.69. The maximum atomic E-state index is 13.0. The highest BCUT2D eigenvalue weighted by atomic mass is 79.9. The Morgan fingerprint density at radius 3 is 2.41 bits per heavy atom. The molecule has 0 nitrogen and oxygen atoms in total. The Labute approximate surface area is 133 Å². The van der Waals surface area contributed by atoms with Gasteiger partial charge in [-0.15, -0.1) is 11.3 Å². The maximum absolute atomic E-state index is 13.0. The van der Waals surface area contributed by atoms with Gasteiger partial charge < -0.3 is 0 Å². The predicted octanol–water partition coefficient (Wildman–Crippen LogP) is 6.55. The van der Waals surface area contributed by atoms with Gasteiger partial charge in [-0.1, -0.05) is 33.6 Å². The topological polar surface area (TPSA) is 0 Å². The van der Waals surface area contributed by atoms with Gasteiger partial charge in [-0.3, -0.25) is 0 Å². The van der Waals surface area contributed by atoms with E-state index in [1.165, 1.54) is 12.1 Å². The Morgan fingerprint density at radius 1 is 1.18 bits per heavy atom. The van der Waals surface area contributed by atoms with Crippen LogP contribution in [0.4, 0.5) is 4.39 Å². The zero-order valence-electron chi connectivity index (χ0n) is 8.18. The molecule has 0 N–H and O–H groups in total. The third-order valence-electron chi connectivity index (χ3n) is 2.19. The lowest BCUT2D eigenvalue weighted by molar-refractivity contribution is 0.627. The minimum absolute atomic E-state index is 0.0625. The fraction of sp³-hybridized carbons (Fsp3) is 0.0909. The molecule has 0 fully saturated rings. The minimum atomic E-state index is -0.330. The molecule has 0 spiro atoms. The van der Waals surface area contributed by atoms with Gasteiger partial charge in [0.25, 0.3) is 0 Å². The van der Waals surface area contributed by atoms with Crippen LogP contribution in [0.25, 0.3) is 0 Å². The quantitative estimate of drug-likeness (QED) is 0.443. The lowest BCUT2D eigenvalue weighted by Crippen LogP contribution is -1.93. The van der Waals surface area contributed by atoms with Crippen LogP contribution in [0.3, 0.4) is 0 Å². The van der Waals surface area contributed by atoms with Crippen molar-refractivity contribution in [3.63, 3.8) is 0 Å². The van der Waals surface area contributed by atoms with E-state index in [9.17, 15) is 4.39 Å². The Hall–Kier alpha value is 0.580. The van der Waals surface area contributed by atoms with Gasteiger partial charge in [0.05, 0.1) is 12.4 Å². The molecule has 1 aromatic carbocycles. The normalized spacial score (nSPS) is 12.8. The lowest BCUT2D eigenvalue weighted by Gasteiger charge is -2.11. The van der Waals surface area contributed by atoms with Crippen molar-refractivity contribution in [2.45, 2.75) is 4.83 Å². The summed E-state index contributed by atoms with van der Waals surface area (Å²) in [4.78, 5) is -0.0625. The van der Waals surface area contributed by atoms with E-state index in [-0.39, 0.29) is 10.6 Å². The summed E-state index contributed by atoms with van der Waals surface area (Å²) in [6.07, 6.45) is 0. The molecule has 1 unspecified atom stereocenters. The molecule has 0 aliphatic rings. The zero-order chi connectivity index (χ0) is 12.6. The van der Waals surface area contributed by atoms with Crippen molar-refractivity contribution in [2.24, 2.45) is 0 Å². The molecule has 0 saturated heterocycles. The molecule has 0 radical (unpaired) electrons. The van der Waals surface area contributed by atoms with Crippen LogP contribution in [0.1, 0.15) is 16.0 Å². The average molecular weight is 463 g/mol. The van der Waals surface area contributed by atoms with Gasteiger partial charge in [-0.25, -0.2) is 4.39 Å². The molecule has 0 aliphatic heterocycles. The molecule has 1 atom stereocenters. The van der Waals surface area contributed by atoms with Crippen LogP contribution in [0, 0.1) is 5.82 Å². The van der Waals surface area contributed by atoms with Crippen LogP contribution in [-0.4, -0.2) is 0 Å². The SMILES string of the molecule is Fc1ccc(C(Br)c2cc(Br)sc2Br)c(Cl)c1. The minimum Gasteiger partial charge on any atom is -0.207 e. The van der Waals surface area contributed by atoms with Crippen LogP contribution in [0.5, 0.6) is 0 Å². The van der Waals surface area contributed by atoms with Gasteiger partial charge in [-0.2, -0.15) is 0 Å². The van der Waals surface area contributed by atoms with Gasteiger partial charge in [0.15, 0.2) is 0 Å². The smallest absolute Gasteiger partial charge is 0.124 e. The Morgan fingerprint density at radius 2 is 1.88 bits per heavy atom. The van der Waals surface area contributed by atoms with E-state index in [1.807, 2.05) is 6.07 Å². The fourth-order valence-corrected chi connectivity index (χ4v) is 5.93. The summed E-state index contributed by atoms with van der Waals surface area (Å²) in [6, 6.07) is 6.42. The summed E-state index contributed by atoms with van der Waals surface area (Å²) in [5.41, 5.74) is 1.91. The van der Waals surface area contributed by atoms with Crippen molar-refractivity contribution in [1.29, 1.82) is 0 Å². The number of benzene rings is 1. The molecule has 90 valence electrons. The Bertz CT molecular complexity index is 556.